The summed E-state index contributed by atoms with van der Waals surface area (Å²) in [5.74, 6) is 0.401. The summed E-state index contributed by atoms with van der Waals surface area (Å²) in [6, 6.07) is 1.63. The first-order valence-corrected chi connectivity index (χ1v) is 7.58. The fourth-order valence-electron chi connectivity index (χ4n) is 3.36. The van der Waals surface area contributed by atoms with Gasteiger partial charge in [0.1, 0.15) is 0 Å². The lowest BCUT2D eigenvalue weighted by Crippen LogP contribution is -2.41. The Kier molecular flexibility index (Phi) is 4.33. The normalized spacial score (nSPS) is 27.6. The largest absolute Gasteiger partial charge is 0.393 e. The minimum Gasteiger partial charge on any atom is -0.393 e. The maximum absolute atomic E-state index is 12.2. The molecule has 2 rings (SSSR count). The maximum atomic E-state index is 12.2. The summed E-state index contributed by atoms with van der Waals surface area (Å²) in [4.78, 5) is 16.5. The van der Waals surface area contributed by atoms with Crippen LogP contribution in [-0.2, 0) is 0 Å². The van der Waals surface area contributed by atoms with Gasteiger partial charge in [-0.3, -0.25) is 9.36 Å². The predicted octanol–water partition coefficient (Wildman–Crippen LogP) is 2.69. The van der Waals surface area contributed by atoms with Gasteiger partial charge in [-0.15, -0.1) is 0 Å². The highest BCUT2D eigenvalue weighted by atomic mass is 16.3. The van der Waals surface area contributed by atoms with Crippen LogP contribution in [0.5, 0.6) is 0 Å². The molecule has 0 bridgehead atoms. The van der Waals surface area contributed by atoms with E-state index in [1.807, 2.05) is 6.92 Å². The second kappa shape index (κ2) is 5.68. The Balaban J connectivity index is 2.40. The van der Waals surface area contributed by atoms with E-state index < -0.39 is 0 Å². The number of nitrogens with zero attached hydrogens (tertiary/aromatic N) is 2. The average Bonchev–Trinajstić information content (AvgIpc) is 2.38. The minimum absolute atomic E-state index is 0.00602. The minimum atomic E-state index is -0.308. The molecule has 1 saturated carbocycles. The molecule has 4 heteroatoms. The van der Waals surface area contributed by atoms with E-state index in [-0.39, 0.29) is 23.1 Å². The third-order valence-electron chi connectivity index (χ3n) is 5.03. The molecule has 3 atom stereocenters. The standard InChI is InChI=1S/C16H26N2O2/c1-5-16(3,4)13-7-6-12(19)9-14(13)18-10-17-11(2)8-15(18)20/h8,10,12-14,19H,5-7,9H2,1-4H3. The Morgan fingerprint density at radius 1 is 1.45 bits per heavy atom. The third kappa shape index (κ3) is 2.95. The summed E-state index contributed by atoms with van der Waals surface area (Å²) in [5, 5.41) is 10.0. The summed E-state index contributed by atoms with van der Waals surface area (Å²) >= 11 is 0. The van der Waals surface area contributed by atoms with Crippen molar-refractivity contribution in [3.63, 3.8) is 0 Å². The van der Waals surface area contributed by atoms with Crippen LogP contribution >= 0.6 is 0 Å². The number of rotatable bonds is 3. The number of aryl methyl sites for hydroxylation is 1. The fraction of sp³-hybridized carbons (Fsp3) is 0.750. The molecule has 1 aromatic heterocycles. The van der Waals surface area contributed by atoms with E-state index in [2.05, 4.69) is 25.8 Å². The van der Waals surface area contributed by atoms with Crippen LogP contribution in [0, 0.1) is 18.3 Å². The van der Waals surface area contributed by atoms with Crippen LogP contribution in [0.15, 0.2) is 17.2 Å². The first-order valence-electron chi connectivity index (χ1n) is 7.58. The fourth-order valence-corrected chi connectivity index (χ4v) is 3.36. The molecule has 3 unspecified atom stereocenters. The molecule has 0 spiro atoms. The van der Waals surface area contributed by atoms with Crippen molar-refractivity contribution in [2.24, 2.45) is 11.3 Å². The van der Waals surface area contributed by atoms with Crippen molar-refractivity contribution in [3.8, 4) is 0 Å². The molecule has 1 fully saturated rings. The molecule has 20 heavy (non-hydrogen) atoms. The van der Waals surface area contributed by atoms with Crippen LogP contribution in [0.4, 0.5) is 0 Å². The molecule has 0 radical (unpaired) electrons. The summed E-state index contributed by atoms with van der Waals surface area (Å²) in [7, 11) is 0. The predicted molar refractivity (Wildman–Crippen MR) is 79.7 cm³/mol. The topological polar surface area (TPSA) is 55.1 Å². The Hall–Kier alpha value is -1.16. The first-order chi connectivity index (χ1) is 9.35. The lowest BCUT2D eigenvalue weighted by atomic mass is 9.66. The second-order valence-electron chi connectivity index (χ2n) is 6.76. The number of hydrogen-bond acceptors (Lipinski definition) is 3. The summed E-state index contributed by atoms with van der Waals surface area (Å²) in [6.07, 6.45) is 4.86. The Morgan fingerprint density at radius 3 is 2.75 bits per heavy atom. The van der Waals surface area contributed by atoms with Crippen molar-refractivity contribution in [1.82, 2.24) is 9.55 Å². The SMILES string of the molecule is CCC(C)(C)C1CCC(O)CC1n1cnc(C)cc1=O. The van der Waals surface area contributed by atoms with Gasteiger partial charge in [-0.2, -0.15) is 0 Å². The van der Waals surface area contributed by atoms with E-state index >= 15 is 0 Å². The Morgan fingerprint density at radius 2 is 2.15 bits per heavy atom. The van der Waals surface area contributed by atoms with Crippen molar-refractivity contribution in [3.05, 3.63) is 28.4 Å². The first kappa shape index (κ1) is 15.2. The number of aliphatic hydroxyl groups excluding tert-OH is 1. The molecule has 1 heterocycles. The highest BCUT2D eigenvalue weighted by molar-refractivity contribution is 5.00. The number of aliphatic hydroxyl groups is 1. The van der Waals surface area contributed by atoms with Crippen LogP contribution < -0.4 is 5.56 Å². The van der Waals surface area contributed by atoms with Crippen LogP contribution in [0.2, 0.25) is 0 Å². The zero-order valence-corrected chi connectivity index (χ0v) is 13.0. The molecule has 1 N–H and O–H groups in total. The van der Waals surface area contributed by atoms with Gasteiger partial charge in [0, 0.05) is 17.8 Å². The Bertz CT molecular complexity index is 521. The lowest BCUT2D eigenvalue weighted by Gasteiger charge is -2.44. The zero-order valence-electron chi connectivity index (χ0n) is 13.0. The maximum Gasteiger partial charge on any atom is 0.253 e. The van der Waals surface area contributed by atoms with Gasteiger partial charge in [0.15, 0.2) is 0 Å². The van der Waals surface area contributed by atoms with Gasteiger partial charge in [0.2, 0.25) is 0 Å². The van der Waals surface area contributed by atoms with E-state index in [4.69, 9.17) is 0 Å². The highest BCUT2D eigenvalue weighted by Crippen LogP contribution is 2.45. The quantitative estimate of drug-likeness (QED) is 0.925. The molecule has 1 aliphatic carbocycles. The van der Waals surface area contributed by atoms with Gasteiger partial charge < -0.3 is 5.11 Å². The van der Waals surface area contributed by atoms with Crippen LogP contribution in [-0.4, -0.2) is 20.8 Å². The molecule has 0 amide bonds. The zero-order chi connectivity index (χ0) is 14.9. The number of aromatic nitrogens is 2. The van der Waals surface area contributed by atoms with Gasteiger partial charge in [-0.05, 0) is 37.5 Å². The Labute approximate surface area is 120 Å². The van der Waals surface area contributed by atoms with Crippen molar-refractivity contribution in [2.75, 3.05) is 0 Å². The monoisotopic (exact) mass is 278 g/mol. The van der Waals surface area contributed by atoms with Gasteiger partial charge in [-0.25, -0.2) is 4.98 Å². The van der Waals surface area contributed by atoms with Gasteiger partial charge in [-0.1, -0.05) is 27.2 Å². The molecule has 1 aromatic rings. The molecule has 0 saturated heterocycles. The lowest BCUT2D eigenvalue weighted by molar-refractivity contribution is 0.0200. The molecule has 1 aliphatic rings. The van der Waals surface area contributed by atoms with Crippen LogP contribution in [0.1, 0.15) is 58.2 Å². The summed E-state index contributed by atoms with van der Waals surface area (Å²) in [5.41, 5.74) is 0.900. The second-order valence-corrected chi connectivity index (χ2v) is 6.76. The van der Waals surface area contributed by atoms with Crippen molar-refractivity contribution in [2.45, 2.75) is 65.5 Å². The van der Waals surface area contributed by atoms with E-state index in [0.717, 1.165) is 25.0 Å². The molecule has 0 aromatic carbocycles. The van der Waals surface area contributed by atoms with E-state index in [9.17, 15) is 9.90 Å². The van der Waals surface area contributed by atoms with Crippen molar-refractivity contribution in [1.29, 1.82) is 0 Å². The van der Waals surface area contributed by atoms with E-state index in [0.29, 0.717) is 12.3 Å². The molecular formula is C16H26N2O2. The van der Waals surface area contributed by atoms with Crippen molar-refractivity contribution < 1.29 is 5.11 Å². The molecule has 4 nitrogen and oxygen atoms in total. The smallest absolute Gasteiger partial charge is 0.253 e. The van der Waals surface area contributed by atoms with Gasteiger partial charge in [0.25, 0.3) is 5.56 Å². The molecular weight excluding hydrogens is 252 g/mol. The molecule has 0 aliphatic heterocycles. The van der Waals surface area contributed by atoms with E-state index in [1.54, 1.807) is 17.0 Å². The van der Waals surface area contributed by atoms with Gasteiger partial charge >= 0.3 is 0 Å². The molecule has 112 valence electrons. The third-order valence-corrected chi connectivity index (χ3v) is 5.03. The summed E-state index contributed by atoms with van der Waals surface area (Å²) < 4.78 is 1.73. The summed E-state index contributed by atoms with van der Waals surface area (Å²) in [6.45, 7) is 8.54. The number of hydrogen-bond donors (Lipinski definition) is 1. The van der Waals surface area contributed by atoms with Crippen molar-refractivity contribution >= 4 is 0 Å². The highest BCUT2D eigenvalue weighted by Gasteiger charge is 2.39. The van der Waals surface area contributed by atoms with E-state index in [1.165, 1.54) is 0 Å². The van der Waals surface area contributed by atoms with Gasteiger partial charge in [0.05, 0.1) is 12.4 Å². The average molecular weight is 278 g/mol. The van der Waals surface area contributed by atoms with Crippen LogP contribution in [0.25, 0.3) is 0 Å². The van der Waals surface area contributed by atoms with Crippen LogP contribution in [0.3, 0.4) is 0 Å².